The topological polar surface area (TPSA) is 35.2 Å². The van der Waals surface area contributed by atoms with Crippen molar-refractivity contribution in [3.63, 3.8) is 0 Å². The summed E-state index contributed by atoms with van der Waals surface area (Å²) >= 11 is 0. The van der Waals surface area contributed by atoms with E-state index in [2.05, 4.69) is 0 Å². The second-order valence-corrected chi connectivity index (χ2v) is 3.11. The third kappa shape index (κ3) is 3.30. The van der Waals surface area contributed by atoms with Crippen LogP contribution in [0.5, 0.6) is 5.75 Å². The van der Waals surface area contributed by atoms with Crippen LogP contribution in [0.3, 0.4) is 0 Å². The van der Waals surface area contributed by atoms with Crippen LogP contribution in [0, 0.1) is 11.6 Å². The molecule has 0 fully saturated rings. The van der Waals surface area contributed by atoms with Gasteiger partial charge in [-0.3, -0.25) is 0 Å². The summed E-state index contributed by atoms with van der Waals surface area (Å²) in [4.78, 5) is 0. The Labute approximate surface area is 81.7 Å². The van der Waals surface area contributed by atoms with Crippen LogP contribution >= 0.6 is 0 Å². The molecule has 1 rings (SSSR count). The predicted octanol–water partition coefficient (Wildman–Crippen LogP) is 2.08. The minimum atomic E-state index is -0.639. The summed E-state index contributed by atoms with van der Waals surface area (Å²) in [5.74, 6) is -1.08. The molecule has 4 heteroatoms. The Bertz CT molecular complexity index is 284. The summed E-state index contributed by atoms with van der Waals surface area (Å²) in [5.41, 5.74) is 5.31. The van der Waals surface area contributed by atoms with Crippen molar-refractivity contribution in [3.8, 4) is 5.75 Å². The molecule has 0 saturated carbocycles. The van der Waals surface area contributed by atoms with Gasteiger partial charge in [0.25, 0.3) is 0 Å². The van der Waals surface area contributed by atoms with Gasteiger partial charge < -0.3 is 10.5 Å². The van der Waals surface area contributed by atoms with Crippen molar-refractivity contribution < 1.29 is 13.5 Å². The summed E-state index contributed by atoms with van der Waals surface area (Å²) in [6.07, 6.45) is 0.513. The first kappa shape index (κ1) is 10.9. The molecule has 0 radical (unpaired) electrons. The van der Waals surface area contributed by atoms with E-state index in [9.17, 15) is 8.78 Å². The summed E-state index contributed by atoms with van der Waals surface area (Å²) in [5, 5.41) is 0. The Morgan fingerprint density at radius 3 is 2.36 bits per heavy atom. The van der Waals surface area contributed by atoms with Gasteiger partial charge in [0.15, 0.2) is 0 Å². The van der Waals surface area contributed by atoms with Crippen molar-refractivity contribution in [3.05, 3.63) is 29.8 Å². The van der Waals surface area contributed by atoms with Crippen LogP contribution in [0.2, 0.25) is 0 Å². The molecule has 0 aromatic heterocycles. The zero-order valence-corrected chi connectivity index (χ0v) is 7.97. The molecule has 0 aliphatic heterocycles. The lowest BCUT2D eigenvalue weighted by molar-refractivity contribution is 0.212. The van der Waals surface area contributed by atoms with Crippen molar-refractivity contribution in [2.45, 2.75) is 19.4 Å². The van der Waals surface area contributed by atoms with E-state index in [0.29, 0.717) is 13.0 Å². The highest BCUT2D eigenvalue weighted by Gasteiger charge is 2.05. The first-order valence-electron chi connectivity index (χ1n) is 4.44. The van der Waals surface area contributed by atoms with Gasteiger partial charge in [-0.1, -0.05) is 0 Å². The molecule has 1 unspecified atom stereocenters. The zero-order chi connectivity index (χ0) is 10.6. The van der Waals surface area contributed by atoms with Gasteiger partial charge in [-0.15, -0.1) is 0 Å². The molecule has 0 aliphatic rings. The fraction of sp³-hybridized carbons (Fsp3) is 0.400. The van der Waals surface area contributed by atoms with E-state index in [1.54, 1.807) is 6.92 Å². The Hall–Kier alpha value is -1.16. The van der Waals surface area contributed by atoms with E-state index >= 15 is 0 Å². The first-order valence-corrected chi connectivity index (χ1v) is 4.44. The Kier molecular flexibility index (Phi) is 3.83. The highest BCUT2D eigenvalue weighted by molar-refractivity contribution is 5.23. The maximum atomic E-state index is 12.7. The number of benzene rings is 1. The van der Waals surface area contributed by atoms with Gasteiger partial charge in [-0.05, 0) is 19.9 Å². The molecule has 78 valence electrons. The number of halogens is 2. The third-order valence-electron chi connectivity index (χ3n) is 1.75. The molecule has 0 amide bonds. The van der Waals surface area contributed by atoms with E-state index in [1.165, 1.54) is 0 Å². The number of nitrogens with two attached hydrogens (primary N) is 1. The van der Waals surface area contributed by atoms with E-state index in [-0.39, 0.29) is 11.9 Å². The number of ether oxygens (including phenoxy) is 1. The van der Waals surface area contributed by atoms with Crippen molar-refractivity contribution in [1.82, 2.24) is 0 Å². The normalized spacial score (nSPS) is 12.6. The molecule has 0 spiro atoms. The predicted molar refractivity (Wildman–Crippen MR) is 50.1 cm³/mol. The largest absolute Gasteiger partial charge is 0.490 e. The van der Waals surface area contributed by atoms with Crippen LogP contribution in [0.4, 0.5) is 8.78 Å². The van der Waals surface area contributed by atoms with Gasteiger partial charge in [0, 0.05) is 18.2 Å². The van der Waals surface area contributed by atoms with Crippen LogP contribution < -0.4 is 10.5 Å². The van der Waals surface area contributed by atoms with Crippen molar-refractivity contribution in [2.75, 3.05) is 6.54 Å². The van der Waals surface area contributed by atoms with Crippen molar-refractivity contribution in [2.24, 2.45) is 5.73 Å². The standard InChI is InChI=1S/C10H13F2NO/c1-7(2-3-13)14-10-5-8(11)4-9(12)6-10/h4-7H,2-3,13H2,1H3. The van der Waals surface area contributed by atoms with E-state index < -0.39 is 11.6 Å². The lowest BCUT2D eigenvalue weighted by Gasteiger charge is -2.13. The number of hydrogen-bond donors (Lipinski definition) is 1. The summed E-state index contributed by atoms with van der Waals surface area (Å²) in [6.45, 7) is 2.29. The van der Waals surface area contributed by atoms with E-state index in [4.69, 9.17) is 10.5 Å². The smallest absolute Gasteiger partial charge is 0.129 e. The molecule has 0 heterocycles. The molecule has 1 aromatic carbocycles. The van der Waals surface area contributed by atoms with Gasteiger partial charge >= 0.3 is 0 Å². The minimum Gasteiger partial charge on any atom is -0.490 e. The average molecular weight is 201 g/mol. The van der Waals surface area contributed by atoms with Gasteiger partial charge in [0.1, 0.15) is 17.4 Å². The monoisotopic (exact) mass is 201 g/mol. The van der Waals surface area contributed by atoms with Gasteiger partial charge in [-0.2, -0.15) is 0 Å². The van der Waals surface area contributed by atoms with Crippen LogP contribution in [0.15, 0.2) is 18.2 Å². The van der Waals surface area contributed by atoms with Crippen LogP contribution in [0.1, 0.15) is 13.3 Å². The molecule has 2 nitrogen and oxygen atoms in total. The summed E-state index contributed by atoms with van der Waals surface area (Å²) < 4.78 is 30.7. The lowest BCUT2D eigenvalue weighted by atomic mass is 10.2. The van der Waals surface area contributed by atoms with E-state index in [0.717, 1.165) is 18.2 Å². The molecular weight excluding hydrogens is 188 g/mol. The second kappa shape index (κ2) is 4.91. The van der Waals surface area contributed by atoms with E-state index in [1.807, 2.05) is 0 Å². The van der Waals surface area contributed by atoms with Crippen LogP contribution in [0.25, 0.3) is 0 Å². The highest BCUT2D eigenvalue weighted by atomic mass is 19.1. The molecule has 2 N–H and O–H groups in total. The second-order valence-electron chi connectivity index (χ2n) is 3.11. The number of rotatable bonds is 4. The van der Waals surface area contributed by atoms with Crippen LogP contribution in [-0.2, 0) is 0 Å². The molecule has 1 aromatic rings. The van der Waals surface area contributed by atoms with Gasteiger partial charge in [0.05, 0.1) is 6.10 Å². The summed E-state index contributed by atoms with van der Waals surface area (Å²) in [6, 6.07) is 3.10. The Morgan fingerprint density at radius 1 is 1.29 bits per heavy atom. The SMILES string of the molecule is CC(CCN)Oc1cc(F)cc(F)c1. The molecule has 0 aliphatic carbocycles. The average Bonchev–Trinajstić information content (AvgIpc) is 2.01. The van der Waals surface area contributed by atoms with Crippen molar-refractivity contribution in [1.29, 1.82) is 0 Å². The maximum Gasteiger partial charge on any atom is 0.129 e. The quantitative estimate of drug-likeness (QED) is 0.809. The fourth-order valence-electron chi connectivity index (χ4n) is 1.12. The fourth-order valence-corrected chi connectivity index (χ4v) is 1.12. The minimum absolute atomic E-state index is 0.138. The lowest BCUT2D eigenvalue weighted by Crippen LogP contribution is -2.16. The van der Waals surface area contributed by atoms with Gasteiger partial charge in [0.2, 0.25) is 0 Å². The molecule has 0 bridgehead atoms. The molecule has 14 heavy (non-hydrogen) atoms. The molecule has 1 atom stereocenters. The summed E-state index contributed by atoms with van der Waals surface area (Å²) in [7, 11) is 0. The Morgan fingerprint density at radius 2 is 1.86 bits per heavy atom. The first-order chi connectivity index (χ1) is 6.61. The Balaban J connectivity index is 2.66. The third-order valence-corrected chi connectivity index (χ3v) is 1.75. The number of hydrogen-bond acceptors (Lipinski definition) is 2. The molecule has 0 saturated heterocycles. The molecular formula is C10H13F2NO. The van der Waals surface area contributed by atoms with Crippen LogP contribution in [-0.4, -0.2) is 12.6 Å². The zero-order valence-electron chi connectivity index (χ0n) is 7.97. The highest BCUT2D eigenvalue weighted by Crippen LogP contribution is 2.17. The van der Waals surface area contributed by atoms with Crippen molar-refractivity contribution >= 4 is 0 Å². The maximum absolute atomic E-state index is 12.7. The van der Waals surface area contributed by atoms with Gasteiger partial charge in [-0.25, -0.2) is 8.78 Å².